The average Bonchev–Trinajstić information content (AvgIpc) is 3.30. The van der Waals surface area contributed by atoms with E-state index < -0.39 is 22.3 Å². The van der Waals surface area contributed by atoms with E-state index in [4.69, 9.17) is 4.52 Å². The molecular formula is C28H38N4O5S. The lowest BCUT2D eigenvalue weighted by atomic mass is 9.98. The topological polar surface area (TPSA) is 125 Å². The van der Waals surface area contributed by atoms with Gasteiger partial charge < -0.3 is 14.5 Å². The fraction of sp³-hybridized carbons (Fsp3) is 0.429. The number of likely N-dealkylation sites (N-methyl/N-ethyl adjacent to an activating group) is 1. The Labute approximate surface area is 225 Å². The van der Waals surface area contributed by atoms with E-state index in [1.807, 2.05) is 45.0 Å². The van der Waals surface area contributed by atoms with Gasteiger partial charge in [0.25, 0.3) is 10.0 Å². The number of unbranched alkanes of at least 4 members (excludes halogenated alkanes) is 1. The molecule has 0 bridgehead atoms. The van der Waals surface area contributed by atoms with Gasteiger partial charge in [0.15, 0.2) is 5.82 Å². The third-order valence-corrected chi connectivity index (χ3v) is 7.80. The van der Waals surface area contributed by atoms with Gasteiger partial charge in [0.1, 0.15) is 12.0 Å². The maximum Gasteiger partial charge on any atom is 0.263 e. The molecule has 206 valence electrons. The number of benzene rings is 2. The molecule has 3 aromatic rings. The summed E-state index contributed by atoms with van der Waals surface area (Å²) in [7, 11) is -2.25. The molecule has 0 fully saturated rings. The number of aliphatic hydroxyl groups is 1. The van der Waals surface area contributed by atoms with Crippen LogP contribution in [0.5, 0.6) is 0 Å². The van der Waals surface area contributed by atoms with Gasteiger partial charge in [-0.1, -0.05) is 74.8 Å². The zero-order chi connectivity index (χ0) is 27.9. The van der Waals surface area contributed by atoms with E-state index in [9.17, 15) is 18.3 Å². The summed E-state index contributed by atoms with van der Waals surface area (Å²) in [6.45, 7) is 8.03. The average molecular weight is 543 g/mol. The molecular weight excluding hydrogens is 504 g/mol. The van der Waals surface area contributed by atoms with Crippen LogP contribution in [-0.2, 0) is 21.4 Å². The quantitative estimate of drug-likeness (QED) is 0.271. The minimum Gasteiger partial charge on any atom is -0.376 e. The number of hydrogen-bond acceptors (Lipinski definition) is 7. The van der Waals surface area contributed by atoms with Crippen molar-refractivity contribution in [3.05, 3.63) is 65.9 Å². The number of hydrogen-bond donors (Lipinski definition) is 3. The summed E-state index contributed by atoms with van der Waals surface area (Å²) in [5.74, 6) is 0.634. The molecule has 3 N–H and O–H groups in total. The molecule has 1 unspecified atom stereocenters. The molecule has 0 radical (unpaired) electrons. The second-order valence-corrected chi connectivity index (χ2v) is 11.4. The molecule has 3 rings (SSSR count). The highest BCUT2D eigenvalue weighted by molar-refractivity contribution is 7.92. The monoisotopic (exact) mass is 542 g/mol. The van der Waals surface area contributed by atoms with Gasteiger partial charge in [0.2, 0.25) is 5.91 Å². The number of rotatable bonds is 13. The molecule has 38 heavy (non-hydrogen) atoms. The zero-order valence-corrected chi connectivity index (χ0v) is 23.5. The summed E-state index contributed by atoms with van der Waals surface area (Å²) in [6.07, 6.45) is 1.24. The van der Waals surface area contributed by atoms with Crippen LogP contribution >= 0.6 is 0 Å². The number of anilines is 1. The van der Waals surface area contributed by atoms with Crippen LogP contribution in [0.3, 0.4) is 0 Å². The Hall–Kier alpha value is -3.21. The highest BCUT2D eigenvalue weighted by Crippen LogP contribution is 2.29. The molecule has 9 nitrogen and oxygen atoms in total. The number of aliphatic hydroxyl groups excluding tert-OH is 1. The summed E-state index contributed by atoms with van der Waals surface area (Å²) in [4.78, 5) is 15.0. The normalized spacial score (nSPS) is 13.3. The molecule has 0 aliphatic heterocycles. The van der Waals surface area contributed by atoms with E-state index in [0.717, 1.165) is 18.4 Å². The molecule has 0 spiro atoms. The van der Waals surface area contributed by atoms with Crippen molar-refractivity contribution < 1.29 is 22.8 Å². The first-order valence-electron chi connectivity index (χ1n) is 12.9. The highest BCUT2D eigenvalue weighted by atomic mass is 32.2. The van der Waals surface area contributed by atoms with E-state index in [2.05, 4.69) is 15.2 Å². The minimum atomic E-state index is -3.92. The lowest BCUT2D eigenvalue weighted by molar-refractivity contribution is -0.139. The van der Waals surface area contributed by atoms with Gasteiger partial charge in [0.05, 0.1) is 10.9 Å². The van der Waals surface area contributed by atoms with Gasteiger partial charge in [0, 0.05) is 24.6 Å². The van der Waals surface area contributed by atoms with Crippen molar-refractivity contribution in [1.29, 1.82) is 0 Å². The molecule has 10 heteroatoms. The number of amides is 1. The molecule has 1 heterocycles. The SMILES string of the molecule is CCCCC(=O)N(Cc1ccc(-c2ccccc2S(=O)(=O)Nc2cc(C)on2)cc1)[C@@H](C(C)C)C(O)NC. The van der Waals surface area contributed by atoms with Crippen molar-refractivity contribution in [2.75, 3.05) is 11.8 Å². The minimum absolute atomic E-state index is 0.00506. The standard InChI is InChI=1S/C28H38N4O5S/c1-6-7-12-26(33)32(27(19(2)3)28(34)29-5)18-21-13-15-22(16-14-21)23-10-8-9-11-24(23)38(35,36)31-25-17-20(4)37-30-25/h8-11,13-17,19,27-29,34H,6-7,12,18H2,1-5H3,(H,30,31)/t27-,28?/m0/s1. The predicted octanol–water partition coefficient (Wildman–Crippen LogP) is 4.53. The van der Waals surface area contributed by atoms with E-state index in [1.165, 1.54) is 6.07 Å². The largest absolute Gasteiger partial charge is 0.376 e. The van der Waals surface area contributed by atoms with Crippen LogP contribution in [0.15, 0.2) is 64.0 Å². The Kier molecular flexibility index (Phi) is 10.1. The number of aromatic nitrogens is 1. The third-order valence-electron chi connectivity index (χ3n) is 6.39. The number of sulfonamides is 1. The fourth-order valence-corrected chi connectivity index (χ4v) is 5.64. The first kappa shape index (κ1) is 29.3. The molecule has 0 saturated heterocycles. The van der Waals surface area contributed by atoms with Crippen molar-refractivity contribution in [2.24, 2.45) is 5.92 Å². The first-order valence-corrected chi connectivity index (χ1v) is 14.3. The summed E-state index contributed by atoms with van der Waals surface area (Å²) in [6, 6.07) is 15.3. The molecule has 1 amide bonds. The second-order valence-electron chi connectivity index (χ2n) is 9.71. The van der Waals surface area contributed by atoms with Crippen LogP contribution in [0.4, 0.5) is 5.82 Å². The zero-order valence-electron chi connectivity index (χ0n) is 22.6. The van der Waals surface area contributed by atoms with Crippen molar-refractivity contribution >= 4 is 21.7 Å². The van der Waals surface area contributed by atoms with Gasteiger partial charge >= 0.3 is 0 Å². The smallest absolute Gasteiger partial charge is 0.263 e. The van der Waals surface area contributed by atoms with Gasteiger partial charge in [-0.05, 0) is 43.5 Å². The van der Waals surface area contributed by atoms with Gasteiger partial charge in [-0.15, -0.1) is 0 Å². The second kappa shape index (κ2) is 13.0. The Balaban J connectivity index is 1.89. The lowest BCUT2D eigenvalue weighted by Crippen LogP contribution is -2.53. The number of carbonyl (C=O) groups excluding carboxylic acids is 1. The molecule has 2 aromatic carbocycles. The number of carbonyl (C=O) groups is 1. The summed E-state index contributed by atoms with van der Waals surface area (Å²) in [5, 5.41) is 17.2. The Morgan fingerprint density at radius 1 is 1.13 bits per heavy atom. The molecule has 0 saturated carbocycles. The lowest BCUT2D eigenvalue weighted by Gasteiger charge is -2.37. The molecule has 0 aliphatic rings. The Morgan fingerprint density at radius 2 is 1.82 bits per heavy atom. The van der Waals surface area contributed by atoms with Gasteiger partial charge in [-0.25, -0.2) is 8.42 Å². The summed E-state index contributed by atoms with van der Waals surface area (Å²) >= 11 is 0. The van der Waals surface area contributed by atoms with Gasteiger partial charge in [-0.2, -0.15) is 0 Å². The Morgan fingerprint density at radius 3 is 2.39 bits per heavy atom. The van der Waals surface area contributed by atoms with Crippen molar-refractivity contribution in [2.45, 2.75) is 70.7 Å². The van der Waals surface area contributed by atoms with Crippen molar-refractivity contribution in [1.82, 2.24) is 15.4 Å². The van der Waals surface area contributed by atoms with Crippen LogP contribution in [-0.4, -0.2) is 48.8 Å². The van der Waals surface area contributed by atoms with E-state index in [1.54, 1.807) is 43.1 Å². The summed E-state index contributed by atoms with van der Waals surface area (Å²) < 4.78 is 33.7. The van der Waals surface area contributed by atoms with Gasteiger partial charge in [-0.3, -0.25) is 14.8 Å². The predicted molar refractivity (Wildman–Crippen MR) is 148 cm³/mol. The maximum atomic E-state index is 13.2. The third kappa shape index (κ3) is 7.21. The molecule has 1 aromatic heterocycles. The number of nitrogens with zero attached hydrogens (tertiary/aromatic N) is 2. The van der Waals surface area contributed by atoms with Crippen LogP contribution < -0.4 is 10.0 Å². The van der Waals surface area contributed by atoms with Crippen molar-refractivity contribution in [3.8, 4) is 11.1 Å². The highest BCUT2D eigenvalue weighted by Gasteiger charge is 2.31. The Bertz CT molecular complexity index is 1300. The van der Waals surface area contributed by atoms with E-state index >= 15 is 0 Å². The van der Waals surface area contributed by atoms with Crippen molar-refractivity contribution in [3.63, 3.8) is 0 Å². The van der Waals surface area contributed by atoms with E-state index in [0.29, 0.717) is 29.9 Å². The van der Waals surface area contributed by atoms with E-state index in [-0.39, 0.29) is 22.5 Å². The van der Waals surface area contributed by atoms with Crippen LogP contribution in [0.2, 0.25) is 0 Å². The van der Waals surface area contributed by atoms with Crippen LogP contribution in [0, 0.1) is 12.8 Å². The maximum absolute atomic E-state index is 13.2. The fourth-order valence-electron chi connectivity index (χ4n) is 4.43. The molecule has 0 aliphatic carbocycles. The van der Waals surface area contributed by atoms with Crippen LogP contribution in [0.25, 0.3) is 11.1 Å². The number of nitrogens with one attached hydrogen (secondary N) is 2. The summed E-state index contributed by atoms with van der Waals surface area (Å²) in [5.41, 5.74) is 2.13. The molecule has 2 atom stereocenters. The first-order chi connectivity index (χ1) is 18.1. The van der Waals surface area contributed by atoms with Crippen LogP contribution in [0.1, 0.15) is 51.4 Å². The number of aryl methyl sites for hydroxylation is 1.